The van der Waals surface area contributed by atoms with Crippen molar-refractivity contribution in [1.82, 2.24) is 9.55 Å². The van der Waals surface area contributed by atoms with E-state index < -0.39 is 6.04 Å². The van der Waals surface area contributed by atoms with Gasteiger partial charge in [-0.1, -0.05) is 13.0 Å². The van der Waals surface area contributed by atoms with Gasteiger partial charge in [-0.15, -0.1) is 0 Å². The number of nitrogens with zero attached hydrogens (tertiary/aromatic N) is 2. The maximum absolute atomic E-state index is 11.7. The number of benzene rings is 1. The molecule has 5 nitrogen and oxygen atoms in total. The third-order valence-corrected chi connectivity index (χ3v) is 2.69. The lowest BCUT2D eigenvalue weighted by molar-refractivity contribution is -0.117. The highest BCUT2D eigenvalue weighted by molar-refractivity contribution is 5.94. The van der Waals surface area contributed by atoms with Crippen LogP contribution in [0.1, 0.15) is 13.3 Å². The first-order chi connectivity index (χ1) is 8.70. The molecule has 0 bridgehead atoms. The molecule has 0 saturated carbocycles. The highest BCUT2D eigenvalue weighted by atomic mass is 16.2. The highest BCUT2D eigenvalue weighted by Gasteiger charge is 2.10. The van der Waals surface area contributed by atoms with Crippen molar-refractivity contribution in [3.05, 3.63) is 43.0 Å². The predicted octanol–water partition coefficient (Wildman–Crippen LogP) is 1.55. The maximum atomic E-state index is 11.7. The zero-order valence-electron chi connectivity index (χ0n) is 10.2. The summed E-state index contributed by atoms with van der Waals surface area (Å²) in [6, 6.07) is 7.06. The first-order valence-corrected chi connectivity index (χ1v) is 5.85. The summed E-state index contributed by atoms with van der Waals surface area (Å²) >= 11 is 0. The summed E-state index contributed by atoms with van der Waals surface area (Å²) in [5, 5.41) is 2.80. The highest BCUT2D eigenvalue weighted by Crippen LogP contribution is 2.14. The average molecular weight is 244 g/mol. The smallest absolute Gasteiger partial charge is 0.241 e. The van der Waals surface area contributed by atoms with Gasteiger partial charge in [0.15, 0.2) is 0 Å². The Morgan fingerprint density at radius 2 is 2.39 bits per heavy atom. The largest absolute Gasteiger partial charge is 0.325 e. The third-order valence-electron chi connectivity index (χ3n) is 2.69. The van der Waals surface area contributed by atoms with E-state index in [4.69, 9.17) is 5.73 Å². The van der Waals surface area contributed by atoms with E-state index in [1.807, 2.05) is 42.0 Å². The van der Waals surface area contributed by atoms with Crippen LogP contribution in [-0.2, 0) is 4.79 Å². The van der Waals surface area contributed by atoms with Crippen molar-refractivity contribution < 1.29 is 4.79 Å². The second-order valence-corrected chi connectivity index (χ2v) is 4.02. The summed E-state index contributed by atoms with van der Waals surface area (Å²) in [5.74, 6) is -0.166. The number of imidazole rings is 1. The maximum Gasteiger partial charge on any atom is 0.241 e. The molecule has 0 radical (unpaired) electrons. The Morgan fingerprint density at radius 1 is 1.56 bits per heavy atom. The molecule has 0 aliphatic carbocycles. The van der Waals surface area contributed by atoms with E-state index in [0.717, 1.165) is 11.4 Å². The number of hydrogen-bond acceptors (Lipinski definition) is 3. The molecule has 1 heterocycles. The molecule has 0 fully saturated rings. The molecule has 3 N–H and O–H groups in total. The predicted molar refractivity (Wildman–Crippen MR) is 70.5 cm³/mol. The lowest BCUT2D eigenvalue weighted by Crippen LogP contribution is -2.34. The average Bonchev–Trinajstić information content (AvgIpc) is 2.92. The summed E-state index contributed by atoms with van der Waals surface area (Å²) in [7, 11) is 0. The van der Waals surface area contributed by atoms with E-state index in [2.05, 4.69) is 10.3 Å². The van der Waals surface area contributed by atoms with Crippen molar-refractivity contribution >= 4 is 11.6 Å². The van der Waals surface area contributed by atoms with Gasteiger partial charge in [0.05, 0.1) is 12.4 Å². The van der Waals surface area contributed by atoms with Crippen LogP contribution in [0.15, 0.2) is 43.0 Å². The molecule has 18 heavy (non-hydrogen) atoms. The van der Waals surface area contributed by atoms with Gasteiger partial charge < -0.3 is 15.6 Å². The number of amides is 1. The SMILES string of the molecule is CC[C@@H](N)C(=O)Nc1cccc(-n2ccnc2)c1. The molecular weight excluding hydrogens is 228 g/mol. The molecule has 94 valence electrons. The molecule has 2 aromatic rings. The molecule has 0 spiro atoms. The van der Waals surface area contributed by atoms with Crippen LogP contribution in [0.5, 0.6) is 0 Å². The first-order valence-electron chi connectivity index (χ1n) is 5.85. The molecule has 0 saturated heterocycles. The van der Waals surface area contributed by atoms with Crippen LogP contribution in [0.2, 0.25) is 0 Å². The van der Waals surface area contributed by atoms with Crippen molar-refractivity contribution in [1.29, 1.82) is 0 Å². The Balaban J connectivity index is 2.16. The van der Waals surface area contributed by atoms with Crippen molar-refractivity contribution in [2.24, 2.45) is 5.73 Å². The first kappa shape index (κ1) is 12.3. The number of carbonyl (C=O) groups is 1. The molecule has 5 heteroatoms. The Labute approximate surface area is 106 Å². The number of nitrogens with one attached hydrogen (secondary N) is 1. The van der Waals surface area contributed by atoms with Crippen molar-refractivity contribution in [3.63, 3.8) is 0 Å². The summed E-state index contributed by atoms with van der Waals surface area (Å²) in [6.07, 6.45) is 5.88. The van der Waals surface area contributed by atoms with E-state index in [1.165, 1.54) is 0 Å². The molecule has 0 aliphatic rings. The van der Waals surface area contributed by atoms with Crippen LogP contribution < -0.4 is 11.1 Å². The second kappa shape index (κ2) is 5.46. The molecule has 1 aromatic carbocycles. The van der Waals surface area contributed by atoms with Gasteiger partial charge in [0.1, 0.15) is 0 Å². The zero-order chi connectivity index (χ0) is 13.0. The summed E-state index contributed by atoms with van der Waals surface area (Å²) < 4.78 is 1.87. The van der Waals surface area contributed by atoms with Gasteiger partial charge in [0.2, 0.25) is 5.91 Å². The molecule has 2 rings (SSSR count). The summed E-state index contributed by atoms with van der Waals surface area (Å²) in [6.45, 7) is 1.88. The van der Waals surface area contributed by atoms with Gasteiger partial charge in [-0.3, -0.25) is 4.79 Å². The van der Waals surface area contributed by atoms with Crippen LogP contribution >= 0.6 is 0 Å². The minimum atomic E-state index is -0.470. The fourth-order valence-electron chi connectivity index (χ4n) is 1.58. The molecule has 1 amide bonds. The normalized spacial score (nSPS) is 12.1. The lowest BCUT2D eigenvalue weighted by Gasteiger charge is -2.11. The fraction of sp³-hybridized carbons (Fsp3) is 0.231. The van der Waals surface area contributed by atoms with Crippen molar-refractivity contribution in [2.45, 2.75) is 19.4 Å². The quantitative estimate of drug-likeness (QED) is 0.857. The Morgan fingerprint density at radius 3 is 3.06 bits per heavy atom. The van der Waals surface area contributed by atoms with Gasteiger partial charge in [-0.2, -0.15) is 0 Å². The standard InChI is InChI=1S/C13H16N4O/c1-2-12(14)13(18)16-10-4-3-5-11(8-10)17-7-6-15-9-17/h3-9,12H,2,14H2,1H3,(H,16,18)/t12-/m1/s1. The van der Waals surface area contributed by atoms with Crippen molar-refractivity contribution in [3.8, 4) is 5.69 Å². The van der Waals surface area contributed by atoms with Gasteiger partial charge in [-0.05, 0) is 24.6 Å². The number of nitrogens with two attached hydrogens (primary N) is 1. The van der Waals surface area contributed by atoms with Gasteiger partial charge in [0.25, 0.3) is 0 Å². The van der Waals surface area contributed by atoms with E-state index in [9.17, 15) is 4.79 Å². The second-order valence-electron chi connectivity index (χ2n) is 4.02. The topological polar surface area (TPSA) is 72.9 Å². The Bertz CT molecular complexity index is 522. The van der Waals surface area contributed by atoms with Crippen LogP contribution in [0.3, 0.4) is 0 Å². The van der Waals surface area contributed by atoms with Crippen LogP contribution in [0, 0.1) is 0 Å². The summed E-state index contributed by atoms with van der Waals surface area (Å²) in [5.41, 5.74) is 7.34. The zero-order valence-corrected chi connectivity index (χ0v) is 10.2. The number of aromatic nitrogens is 2. The number of hydrogen-bond donors (Lipinski definition) is 2. The number of rotatable bonds is 4. The van der Waals surface area contributed by atoms with Crippen LogP contribution in [0.25, 0.3) is 5.69 Å². The Kier molecular flexibility index (Phi) is 3.74. The molecule has 1 atom stereocenters. The molecular formula is C13H16N4O. The monoisotopic (exact) mass is 244 g/mol. The lowest BCUT2D eigenvalue weighted by atomic mass is 10.2. The third kappa shape index (κ3) is 2.75. The minimum absolute atomic E-state index is 0.166. The van der Waals surface area contributed by atoms with Crippen LogP contribution in [0.4, 0.5) is 5.69 Å². The van der Waals surface area contributed by atoms with Gasteiger partial charge in [-0.25, -0.2) is 4.98 Å². The van der Waals surface area contributed by atoms with E-state index in [-0.39, 0.29) is 5.91 Å². The van der Waals surface area contributed by atoms with E-state index in [1.54, 1.807) is 12.5 Å². The van der Waals surface area contributed by atoms with E-state index >= 15 is 0 Å². The molecule has 0 unspecified atom stereocenters. The minimum Gasteiger partial charge on any atom is -0.325 e. The van der Waals surface area contributed by atoms with E-state index in [0.29, 0.717) is 6.42 Å². The number of carbonyl (C=O) groups excluding carboxylic acids is 1. The fourth-order valence-corrected chi connectivity index (χ4v) is 1.58. The Hall–Kier alpha value is -2.14. The van der Waals surface area contributed by atoms with Crippen LogP contribution in [-0.4, -0.2) is 21.5 Å². The van der Waals surface area contributed by atoms with Gasteiger partial charge >= 0.3 is 0 Å². The number of anilines is 1. The van der Waals surface area contributed by atoms with Crippen molar-refractivity contribution in [2.75, 3.05) is 5.32 Å². The molecule has 0 aliphatic heterocycles. The summed E-state index contributed by atoms with van der Waals surface area (Å²) in [4.78, 5) is 15.7. The molecule has 1 aromatic heterocycles. The van der Waals surface area contributed by atoms with Gasteiger partial charge in [0, 0.05) is 23.8 Å².